The summed E-state index contributed by atoms with van der Waals surface area (Å²) in [4.78, 5) is 26.9. The molecule has 0 saturated heterocycles. The molecule has 2 N–H and O–H groups in total. The zero-order valence-corrected chi connectivity index (χ0v) is 16.9. The molecule has 0 aromatic heterocycles. The Morgan fingerprint density at radius 3 is 2.08 bits per heavy atom. The topological polar surface area (TPSA) is 101 Å². The van der Waals surface area contributed by atoms with Crippen LogP contribution in [0, 0.1) is 5.92 Å². The molecule has 1 unspecified atom stereocenters. The van der Waals surface area contributed by atoms with Gasteiger partial charge in [0, 0.05) is 39.3 Å². The van der Waals surface area contributed by atoms with Crippen LogP contribution in [0.2, 0.25) is 0 Å². The summed E-state index contributed by atoms with van der Waals surface area (Å²) in [5, 5.41) is 0. The van der Waals surface area contributed by atoms with Crippen LogP contribution >= 0.6 is 0 Å². The van der Waals surface area contributed by atoms with Gasteiger partial charge in [0.1, 0.15) is 5.75 Å². The van der Waals surface area contributed by atoms with Crippen molar-refractivity contribution in [3.8, 4) is 0 Å². The predicted molar refractivity (Wildman–Crippen MR) is 102 cm³/mol. The molecule has 7 nitrogen and oxygen atoms in total. The molecule has 0 aliphatic heterocycles. The minimum absolute atomic E-state index is 0.0204. The van der Waals surface area contributed by atoms with Crippen LogP contribution in [-0.4, -0.2) is 69.5 Å². The molecule has 1 aromatic rings. The molecule has 0 fully saturated rings. The van der Waals surface area contributed by atoms with Crippen molar-refractivity contribution in [3.63, 3.8) is 0 Å². The van der Waals surface area contributed by atoms with Gasteiger partial charge in [-0.2, -0.15) is 0 Å². The minimum Gasteiger partial charge on any atom is -0.348 e. The van der Waals surface area contributed by atoms with Crippen molar-refractivity contribution in [2.45, 2.75) is 31.2 Å². The van der Waals surface area contributed by atoms with E-state index in [4.69, 9.17) is 5.73 Å². The van der Waals surface area contributed by atoms with Crippen LogP contribution in [0.1, 0.15) is 30.6 Å². The van der Waals surface area contributed by atoms with E-state index in [1.807, 2.05) is 13.8 Å². The number of nitrogens with zero attached hydrogens (tertiary/aromatic N) is 2. The fourth-order valence-corrected chi connectivity index (χ4v) is 3.48. The van der Waals surface area contributed by atoms with Crippen LogP contribution in [-0.2, 0) is 14.6 Å². The number of hydrogen-bond donors (Lipinski definition) is 1. The van der Waals surface area contributed by atoms with Gasteiger partial charge in [0.2, 0.25) is 5.91 Å². The summed E-state index contributed by atoms with van der Waals surface area (Å²) in [6.45, 7) is 4.59. The number of carbonyl (C=O) groups is 2. The molecule has 1 atom stereocenters. The zero-order valence-electron chi connectivity index (χ0n) is 16.1. The molecular formula is C18H29N3O4S. The second-order valence-corrected chi connectivity index (χ2v) is 8.98. The molecule has 1 aromatic carbocycles. The summed E-state index contributed by atoms with van der Waals surface area (Å²) < 4.78 is 24.5. The largest absolute Gasteiger partial charge is 0.348 e. The average Bonchev–Trinajstić information content (AvgIpc) is 2.58. The van der Waals surface area contributed by atoms with Crippen molar-refractivity contribution in [1.29, 1.82) is 0 Å². The van der Waals surface area contributed by atoms with Gasteiger partial charge in [0.05, 0.1) is 4.90 Å². The number of sulfone groups is 1. The maximum atomic E-state index is 12.4. The Hall–Kier alpha value is -1.93. The van der Waals surface area contributed by atoms with Crippen LogP contribution in [0.25, 0.3) is 0 Å². The van der Waals surface area contributed by atoms with Crippen LogP contribution in [0.5, 0.6) is 0 Å². The Morgan fingerprint density at radius 1 is 1.08 bits per heavy atom. The van der Waals surface area contributed by atoms with Gasteiger partial charge in [0.25, 0.3) is 5.91 Å². The maximum Gasteiger partial charge on any atom is 0.253 e. The molecule has 2 amide bonds. The van der Waals surface area contributed by atoms with E-state index in [9.17, 15) is 18.0 Å². The monoisotopic (exact) mass is 383 g/mol. The molecule has 0 saturated carbocycles. The van der Waals surface area contributed by atoms with Gasteiger partial charge in [-0.1, -0.05) is 13.8 Å². The van der Waals surface area contributed by atoms with Gasteiger partial charge in [-0.25, -0.2) is 8.42 Å². The second-order valence-electron chi connectivity index (χ2n) is 6.99. The standard InChI is InChI=1S/C18H29N3O4S/c1-13(2)16(19)10-11-21(5)18(23)14-6-8-15(9-7-14)26(24,25)12-17(22)20(3)4/h6-9,13,16H,10-12,19H2,1-5H3. The molecule has 0 spiro atoms. The summed E-state index contributed by atoms with van der Waals surface area (Å²) in [6, 6.07) is 5.67. The van der Waals surface area contributed by atoms with E-state index in [1.54, 1.807) is 11.9 Å². The highest BCUT2D eigenvalue weighted by Gasteiger charge is 2.21. The number of benzene rings is 1. The molecule has 8 heteroatoms. The summed E-state index contributed by atoms with van der Waals surface area (Å²) in [5.41, 5.74) is 6.39. The van der Waals surface area contributed by atoms with E-state index in [0.29, 0.717) is 24.4 Å². The molecular weight excluding hydrogens is 354 g/mol. The first kappa shape index (κ1) is 22.1. The van der Waals surface area contributed by atoms with E-state index in [-0.39, 0.29) is 16.8 Å². The minimum atomic E-state index is -3.73. The number of amides is 2. The lowest BCUT2D eigenvalue weighted by molar-refractivity contribution is -0.125. The number of carbonyl (C=O) groups excluding carboxylic acids is 2. The van der Waals surface area contributed by atoms with Gasteiger partial charge >= 0.3 is 0 Å². The molecule has 0 radical (unpaired) electrons. The Balaban J connectivity index is 2.80. The van der Waals surface area contributed by atoms with E-state index in [2.05, 4.69) is 0 Å². The van der Waals surface area contributed by atoms with Crippen LogP contribution in [0.4, 0.5) is 0 Å². The molecule has 26 heavy (non-hydrogen) atoms. The SMILES string of the molecule is CC(C)C(N)CCN(C)C(=O)c1ccc(S(=O)(=O)CC(=O)N(C)C)cc1. The van der Waals surface area contributed by atoms with Crippen molar-refractivity contribution in [2.75, 3.05) is 33.4 Å². The highest BCUT2D eigenvalue weighted by molar-refractivity contribution is 7.92. The normalized spacial score (nSPS) is 12.7. The van der Waals surface area contributed by atoms with Gasteiger partial charge in [-0.05, 0) is 36.6 Å². The van der Waals surface area contributed by atoms with Crippen molar-refractivity contribution in [3.05, 3.63) is 29.8 Å². The van der Waals surface area contributed by atoms with E-state index < -0.39 is 21.5 Å². The zero-order chi connectivity index (χ0) is 20.1. The van der Waals surface area contributed by atoms with Gasteiger partial charge in [-0.15, -0.1) is 0 Å². The summed E-state index contributed by atoms with van der Waals surface area (Å²) in [5.74, 6) is -0.950. The third-order valence-electron chi connectivity index (χ3n) is 4.27. The highest BCUT2D eigenvalue weighted by Crippen LogP contribution is 2.14. The Labute approximate surface area is 156 Å². The van der Waals surface area contributed by atoms with Crippen molar-refractivity contribution >= 4 is 21.7 Å². The second kappa shape index (κ2) is 9.14. The lowest BCUT2D eigenvalue weighted by Crippen LogP contribution is -2.34. The Morgan fingerprint density at radius 2 is 1.62 bits per heavy atom. The van der Waals surface area contributed by atoms with Crippen LogP contribution in [0.15, 0.2) is 29.2 Å². The van der Waals surface area contributed by atoms with E-state index in [0.717, 1.165) is 0 Å². The van der Waals surface area contributed by atoms with Gasteiger partial charge in [0.15, 0.2) is 9.84 Å². The molecule has 0 heterocycles. The first-order chi connectivity index (χ1) is 12.0. The summed E-state index contributed by atoms with van der Waals surface area (Å²) >= 11 is 0. The fourth-order valence-electron chi connectivity index (χ4n) is 2.18. The van der Waals surface area contributed by atoms with Crippen LogP contribution in [0.3, 0.4) is 0 Å². The molecule has 0 aliphatic rings. The quantitative estimate of drug-likeness (QED) is 0.721. The third-order valence-corrected chi connectivity index (χ3v) is 5.89. The summed E-state index contributed by atoms with van der Waals surface area (Å²) in [6.07, 6.45) is 0.693. The average molecular weight is 384 g/mol. The van der Waals surface area contributed by atoms with E-state index in [1.165, 1.54) is 43.3 Å². The van der Waals surface area contributed by atoms with Gasteiger partial charge in [-0.3, -0.25) is 9.59 Å². The first-order valence-corrected chi connectivity index (χ1v) is 10.1. The van der Waals surface area contributed by atoms with Crippen molar-refractivity contribution < 1.29 is 18.0 Å². The molecule has 146 valence electrons. The van der Waals surface area contributed by atoms with Crippen LogP contribution < -0.4 is 5.73 Å². The predicted octanol–water partition coefficient (Wildman–Crippen LogP) is 0.994. The highest BCUT2D eigenvalue weighted by atomic mass is 32.2. The van der Waals surface area contributed by atoms with Gasteiger partial charge < -0.3 is 15.5 Å². The third kappa shape index (κ3) is 6.10. The lowest BCUT2D eigenvalue weighted by Gasteiger charge is -2.21. The summed E-state index contributed by atoms with van der Waals surface area (Å²) in [7, 11) is 0.961. The number of rotatable bonds is 8. The van der Waals surface area contributed by atoms with Crippen molar-refractivity contribution in [2.24, 2.45) is 11.7 Å². The molecule has 0 aliphatic carbocycles. The smallest absolute Gasteiger partial charge is 0.253 e. The number of hydrogen-bond acceptors (Lipinski definition) is 5. The first-order valence-electron chi connectivity index (χ1n) is 8.49. The molecule has 0 bridgehead atoms. The molecule has 1 rings (SSSR count). The van der Waals surface area contributed by atoms with Crippen molar-refractivity contribution in [1.82, 2.24) is 9.80 Å². The Kier molecular flexibility index (Phi) is 7.77. The van der Waals surface area contributed by atoms with E-state index >= 15 is 0 Å². The number of nitrogens with two attached hydrogens (primary N) is 1. The lowest BCUT2D eigenvalue weighted by atomic mass is 10.0. The fraction of sp³-hybridized carbons (Fsp3) is 0.556. The Bertz CT molecular complexity index is 727. The maximum absolute atomic E-state index is 12.4.